The van der Waals surface area contributed by atoms with E-state index in [-0.39, 0.29) is 0 Å². The van der Waals surface area contributed by atoms with Gasteiger partial charge in [0.05, 0.1) is 25.8 Å². The molecular weight excluding hydrogens is 390 g/mol. The minimum absolute atomic E-state index is 0.399. The molecule has 1 saturated heterocycles. The number of hydrogen-bond donors (Lipinski definition) is 2. The molecule has 164 valence electrons. The molecule has 1 aromatic heterocycles. The summed E-state index contributed by atoms with van der Waals surface area (Å²) >= 11 is 0. The van der Waals surface area contributed by atoms with Crippen molar-refractivity contribution in [3.05, 3.63) is 59.7 Å². The number of methoxy groups -OCH3 is 2. The number of hydrogen-bond acceptors (Lipinski definition) is 6. The van der Waals surface area contributed by atoms with E-state index in [1.807, 2.05) is 30.3 Å². The van der Waals surface area contributed by atoms with E-state index in [1.165, 1.54) is 19.3 Å². The highest BCUT2D eigenvalue weighted by atomic mass is 16.5. The number of pyridine rings is 1. The number of benzene rings is 2. The average Bonchev–Trinajstić information content (AvgIpc) is 2.83. The number of fused-ring (bicyclic) bond motifs is 1. The maximum absolute atomic E-state index is 10.8. The van der Waals surface area contributed by atoms with Crippen molar-refractivity contribution in [2.45, 2.75) is 31.9 Å². The average molecular weight is 422 g/mol. The summed E-state index contributed by atoms with van der Waals surface area (Å²) in [4.78, 5) is 7.39. The summed E-state index contributed by atoms with van der Waals surface area (Å²) in [5.74, 6) is 2.40. The number of rotatable bonds is 8. The molecule has 0 bridgehead atoms. The van der Waals surface area contributed by atoms with Gasteiger partial charge in [-0.1, -0.05) is 18.2 Å². The number of anilines is 1. The Bertz CT molecular complexity index is 1020. The molecule has 2 heterocycles. The first-order valence-corrected chi connectivity index (χ1v) is 10.9. The molecule has 3 aromatic rings. The van der Waals surface area contributed by atoms with Gasteiger partial charge in [0.25, 0.3) is 0 Å². The van der Waals surface area contributed by atoms with E-state index in [2.05, 4.69) is 28.4 Å². The van der Waals surface area contributed by atoms with Crippen molar-refractivity contribution in [1.29, 1.82) is 0 Å². The lowest BCUT2D eigenvalue weighted by atomic mass is 10.1. The summed E-state index contributed by atoms with van der Waals surface area (Å²) in [5.41, 5.74) is 2.89. The highest BCUT2D eigenvalue weighted by molar-refractivity contribution is 5.81. The monoisotopic (exact) mass is 421 g/mol. The molecule has 2 aromatic carbocycles. The minimum atomic E-state index is -0.711. The standard InChI is InChI=1S/C25H31N3O3/c1-30-20-10-11-24(31-2)21(15-20)23(29)17-26-16-19-14-18-8-4-5-9-22(18)27-25(19)28-12-6-3-7-13-28/h4-5,8-11,14-15,23,26,29H,3,6-7,12-13,16-17H2,1-2H3. The van der Waals surface area contributed by atoms with Gasteiger partial charge in [0.15, 0.2) is 0 Å². The van der Waals surface area contributed by atoms with Crippen molar-refractivity contribution < 1.29 is 14.6 Å². The summed E-state index contributed by atoms with van der Waals surface area (Å²) in [6.07, 6.45) is 2.98. The van der Waals surface area contributed by atoms with Crippen LogP contribution in [0, 0.1) is 0 Å². The zero-order chi connectivity index (χ0) is 21.6. The Morgan fingerprint density at radius 3 is 2.61 bits per heavy atom. The second-order valence-corrected chi connectivity index (χ2v) is 7.97. The molecule has 1 aliphatic rings. The second-order valence-electron chi connectivity index (χ2n) is 7.97. The lowest BCUT2D eigenvalue weighted by Crippen LogP contribution is -2.32. The van der Waals surface area contributed by atoms with Gasteiger partial charge in [0.2, 0.25) is 0 Å². The van der Waals surface area contributed by atoms with Crippen LogP contribution in [0.3, 0.4) is 0 Å². The molecule has 1 atom stereocenters. The van der Waals surface area contributed by atoms with Gasteiger partial charge in [0, 0.05) is 42.7 Å². The molecule has 6 nitrogen and oxygen atoms in total. The van der Waals surface area contributed by atoms with Crippen LogP contribution in [-0.2, 0) is 6.54 Å². The first kappa shape index (κ1) is 21.4. The number of aliphatic hydroxyl groups excluding tert-OH is 1. The van der Waals surface area contributed by atoms with Crippen LogP contribution in [0.15, 0.2) is 48.5 Å². The van der Waals surface area contributed by atoms with Gasteiger partial charge in [-0.25, -0.2) is 4.98 Å². The van der Waals surface area contributed by atoms with Gasteiger partial charge in [0.1, 0.15) is 17.3 Å². The number of aromatic nitrogens is 1. The summed E-state index contributed by atoms with van der Waals surface area (Å²) in [6.45, 7) is 3.12. The summed E-state index contributed by atoms with van der Waals surface area (Å²) in [6, 6.07) is 15.9. The van der Waals surface area contributed by atoms with Crippen molar-refractivity contribution in [2.75, 3.05) is 38.8 Å². The molecule has 1 fully saturated rings. The smallest absolute Gasteiger partial charge is 0.133 e. The van der Waals surface area contributed by atoms with Crippen LogP contribution < -0.4 is 19.7 Å². The van der Waals surface area contributed by atoms with Gasteiger partial charge in [-0.2, -0.15) is 0 Å². The lowest BCUT2D eigenvalue weighted by Gasteiger charge is -2.30. The molecule has 4 rings (SSSR count). The molecule has 1 unspecified atom stereocenters. The Morgan fingerprint density at radius 2 is 1.84 bits per heavy atom. The SMILES string of the molecule is COc1ccc(OC)c(C(O)CNCc2cc3ccccc3nc2N2CCCCC2)c1. The molecule has 0 aliphatic carbocycles. The van der Waals surface area contributed by atoms with Crippen LogP contribution in [0.4, 0.5) is 5.82 Å². The number of piperidine rings is 1. The molecule has 0 amide bonds. The van der Waals surface area contributed by atoms with Crippen LogP contribution in [0.2, 0.25) is 0 Å². The van der Waals surface area contributed by atoms with E-state index in [9.17, 15) is 5.11 Å². The fourth-order valence-electron chi connectivity index (χ4n) is 4.21. The highest BCUT2D eigenvalue weighted by Gasteiger charge is 2.18. The number of ether oxygens (including phenoxy) is 2. The maximum Gasteiger partial charge on any atom is 0.133 e. The van der Waals surface area contributed by atoms with E-state index in [0.29, 0.717) is 30.2 Å². The molecule has 31 heavy (non-hydrogen) atoms. The van der Waals surface area contributed by atoms with E-state index in [1.54, 1.807) is 14.2 Å². The summed E-state index contributed by atoms with van der Waals surface area (Å²) in [5, 5.41) is 15.4. The second kappa shape index (κ2) is 9.98. The van der Waals surface area contributed by atoms with Gasteiger partial charge < -0.3 is 24.8 Å². The molecule has 0 saturated carbocycles. The normalized spacial score (nSPS) is 15.1. The summed E-state index contributed by atoms with van der Waals surface area (Å²) < 4.78 is 10.7. The number of para-hydroxylation sites is 1. The predicted molar refractivity (Wildman–Crippen MR) is 124 cm³/mol. The molecular formula is C25H31N3O3. The predicted octanol–water partition coefficient (Wildman–Crippen LogP) is 4.07. The van der Waals surface area contributed by atoms with Gasteiger partial charge in [-0.3, -0.25) is 0 Å². The fraction of sp³-hybridized carbons (Fsp3) is 0.400. The van der Waals surface area contributed by atoms with E-state index >= 15 is 0 Å². The lowest BCUT2D eigenvalue weighted by molar-refractivity contribution is 0.169. The van der Waals surface area contributed by atoms with Crippen molar-refractivity contribution in [1.82, 2.24) is 10.3 Å². The third-order valence-electron chi connectivity index (χ3n) is 5.88. The molecule has 1 aliphatic heterocycles. The number of nitrogens with one attached hydrogen (secondary N) is 1. The first-order chi connectivity index (χ1) is 15.2. The first-order valence-electron chi connectivity index (χ1n) is 10.9. The molecule has 0 spiro atoms. The van der Waals surface area contributed by atoms with Crippen molar-refractivity contribution >= 4 is 16.7 Å². The van der Waals surface area contributed by atoms with Crippen molar-refractivity contribution in [3.8, 4) is 11.5 Å². The van der Waals surface area contributed by atoms with Gasteiger partial charge >= 0.3 is 0 Å². The zero-order valence-corrected chi connectivity index (χ0v) is 18.3. The fourth-order valence-corrected chi connectivity index (χ4v) is 4.21. The largest absolute Gasteiger partial charge is 0.497 e. The summed E-state index contributed by atoms with van der Waals surface area (Å²) in [7, 11) is 3.22. The van der Waals surface area contributed by atoms with Crippen LogP contribution in [-0.4, -0.2) is 43.9 Å². The van der Waals surface area contributed by atoms with Crippen LogP contribution in [0.5, 0.6) is 11.5 Å². The number of nitrogens with zero attached hydrogens (tertiary/aromatic N) is 2. The minimum Gasteiger partial charge on any atom is -0.497 e. The van der Waals surface area contributed by atoms with E-state index < -0.39 is 6.10 Å². The van der Waals surface area contributed by atoms with Crippen LogP contribution >= 0.6 is 0 Å². The Hall–Kier alpha value is -2.83. The van der Waals surface area contributed by atoms with Crippen LogP contribution in [0.1, 0.15) is 36.5 Å². The van der Waals surface area contributed by atoms with Crippen molar-refractivity contribution in [3.63, 3.8) is 0 Å². The zero-order valence-electron chi connectivity index (χ0n) is 18.3. The Morgan fingerprint density at radius 1 is 1.03 bits per heavy atom. The van der Waals surface area contributed by atoms with Crippen molar-refractivity contribution in [2.24, 2.45) is 0 Å². The van der Waals surface area contributed by atoms with Gasteiger partial charge in [-0.15, -0.1) is 0 Å². The Kier molecular flexibility index (Phi) is 6.89. The quantitative estimate of drug-likeness (QED) is 0.572. The van der Waals surface area contributed by atoms with E-state index in [4.69, 9.17) is 14.5 Å². The third-order valence-corrected chi connectivity index (χ3v) is 5.88. The number of aliphatic hydroxyl groups is 1. The highest BCUT2D eigenvalue weighted by Crippen LogP contribution is 2.30. The topological polar surface area (TPSA) is 66.8 Å². The molecule has 6 heteroatoms. The maximum atomic E-state index is 10.8. The van der Waals surface area contributed by atoms with Crippen LogP contribution in [0.25, 0.3) is 10.9 Å². The Balaban J connectivity index is 1.52. The Labute approximate surface area is 183 Å². The molecule has 2 N–H and O–H groups in total. The third kappa shape index (κ3) is 4.92. The van der Waals surface area contributed by atoms with Gasteiger partial charge in [-0.05, 0) is 49.6 Å². The molecule has 0 radical (unpaired) electrons. The van der Waals surface area contributed by atoms with E-state index in [0.717, 1.165) is 35.4 Å².